The van der Waals surface area contributed by atoms with Crippen molar-refractivity contribution in [1.29, 1.82) is 0 Å². The van der Waals surface area contributed by atoms with Crippen molar-refractivity contribution >= 4 is 33.1 Å². The normalized spacial score (nSPS) is 10.4. The van der Waals surface area contributed by atoms with E-state index in [1.807, 2.05) is 18.2 Å². The summed E-state index contributed by atoms with van der Waals surface area (Å²) < 4.78 is 2.48. The van der Waals surface area contributed by atoms with Crippen LogP contribution in [0.3, 0.4) is 0 Å². The molecule has 1 heterocycles. The van der Waals surface area contributed by atoms with Gasteiger partial charge in [0.2, 0.25) is 0 Å². The molecule has 3 nitrogen and oxygen atoms in total. The van der Waals surface area contributed by atoms with Crippen LogP contribution in [-0.2, 0) is 0 Å². The predicted octanol–water partition coefficient (Wildman–Crippen LogP) is 2.27. The Bertz CT molecular complexity index is 490. The van der Waals surface area contributed by atoms with Gasteiger partial charge < -0.3 is 4.84 Å². The maximum atomic E-state index is 10.8. The van der Waals surface area contributed by atoms with Crippen LogP contribution in [0.25, 0.3) is 10.9 Å². The lowest BCUT2D eigenvalue weighted by atomic mass is 10.2. The quantitative estimate of drug-likeness (QED) is 0.770. The summed E-state index contributed by atoms with van der Waals surface area (Å²) in [5, 5.41) is 0.885. The molecule has 0 amide bonds. The molecular formula is C10H8BrNO2. The number of carbonyl (C=O) groups excluding carboxylic acids is 1. The molecule has 0 aliphatic heterocycles. The molecule has 0 radical (unpaired) electrons. The molecule has 0 saturated carbocycles. The molecule has 72 valence electrons. The van der Waals surface area contributed by atoms with Crippen LogP contribution in [0, 0.1) is 0 Å². The number of hydrogen-bond donors (Lipinski definition) is 0. The summed E-state index contributed by atoms with van der Waals surface area (Å²) >= 11 is 3.41. The van der Waals surface area contributed by atoms with Gasteiger partial charge in [-0.1, -0.05) is 12.1 Å². The van der Waals surface area contributed by atoms with E-state index in [1.165, 1.54) is 0 Å². The molecule has 0 bridgehead atoms. The maximum absolute atomic E-state index is 10.8. The van der Waals surface area contributed by atoms with Gasteiger partial charge in [0.15, 0.2) is 6.29 Å². The van der Waals surface area contributed by atoms with Gasteiger partial charge in [-0.2, -0.15) is 4.73 Å². The van der Waals surface area contributed by atoms with Crippen molar-refractivity contribution < 1.29 is 9.63 Å². The molecule has 0 spiro atoms. The minimum absolute atomic E-state index is 0.628. The Kier molecular flexibility index (Phi) is 2.29. The second kappa shape index (κ2) is 3.46. The number of aromatic nitrogens is 1. The van der Waals surface area contributed by atoms with Gasteiger partial charge in [0, 0.05) is 15.4 Å². The second-order valence-electron chi connectivity index (χ2n) is 2.85. The number of aldehydes is 1. The summed E-state index contributed by atoms with van der Waals surface area (Å²) in [4.78, 5) is 15.9. The first-order valence-electron chi connectivity index (χ1n) is 4.07. The fourth-order valence-corrected chi connectivity index (χ4v) is 2.01. The van der Waals surface area contributed by atoms with Crippen LogP contribution in [0.15, 0.2) is 28.9 Å². The molecule has 2 aromatic rings. The Morgan fingerprint density at radius 2 is 2.29 bits per heavy atom. The monoisotopic (exact) mass is 253 g/mol. The summed E-state index contributed by atoms with van der Waals surface area (Å²) in [7, 11) is 1.56. The lowest BCUT2D eigenvalue weighted by Gasteiger charge is -2.02. The van der Waals surface area contributed by atoms with Gasteiger partial charge in [-0.25, -0.2) is 0 Å². The Hall–Kier alpha value is -1.29. The number of para-hydroxylation sites is 1. The zero-order chi connectivity index (χ0) is 10.1. The highest BCUT2D eigenvalue weighted by atomic mass is 79.9. The largest absolute Gasteiger partial charge is 0.417 e. The molecule has 1 aromatic heterocycles. The van der Waals surface area contributed by atoms with Gasteiger partial charge in [-0.3, -0.25) is 4.79 Å². The molecule has 0 atom stereocenters. The highest BCUT2D eigenvalue weighted by Gasteiger charge is 2.10. The molecule has 4 heteroatoms. The molecule has 0 aliphatic carbocycles. The van der Waals surface area contributed by atoms with Crippen molar-refractivity contribution in [3.63, 3.8) is 0 Å². The molecule has 0 fully saturated rings. The van der Waals surface area contributed by atoms with Crippen LogP contribution in [0.4, 0.5) is 0 Å². The van der Waals surface area contributed by atoms with Gasteiger partial charge in [0.05, 0.1) is 6.20 Å². The van der Waals surface area contributed by atoms with Gasteiger partial charge in [0.25, 0.3) is 0 Å². The zero-order valence-corrected chi connectivity index (χ0v) is 9.11. The van der Waals surface area contributed by atoms with E-state index in [1.54, 1.807) is 18.0 Å². The van der Waals surface area contributed by atoms with E-state index < -0.39 is 0 Å². The first-order chi connectivity index (χ1) is 6.77. The maximum Gasteiger partial charge on any atom is 0.152 e. The minimum Gasteiger partial charge on any atom is -0.417 e. The lowest BCUT2D eigenvalue weighted by molar-refractivity contribution is 0.112. The highest BCUT2D eigenvalue weighted by molar-refractivity contribution is 9.10. The Morgan fingerprint density at radius 3 is 2.93 bits per heavy atom. The second-order valence-corrected chi connectivity index (χ2v) is 3.70. The number of nitrogens with zero attached hydrogens (tertiary/aromatic N) is 1. The third-order valence-corrected chi connectivity index (χ3v) is 2.74. The molecule has 0 unspecified atom stereocenters. The average molecular weight is 254 g/mol. The minimum atomic E-state index is 0.628. The van der Waals surface area contributed by atoms with Gasteiger partial charge in [-0.05, 0) is 22.0 Å². The smallest absolute Gasteiger partial charge is 0.152 e. The number of halogens is 1. The van der Waals surface area contributed by atoms with Crippen LogP contribution >= 0.6 is 15.9 Å². The number of hydrogen-bond acceptors (Lipinski definition) is 2. The Morgan fingerprint density at radius 1 is 1.50 bits per heavy atom. The Labute approximate surface area is 89.4 Å². The van der Waals surface area contributed by atoms with E-state index >= 15 is 0 Å². The third kappa shape index (κ3) is 1.23. The molecular weight excluding hydrogens is 246 g/mol. The van der Waals surface area contributed by atoms with Crippen molar-refractivity contribution in [2.75, 3.05) is 7.11 Å². The number of benzene rings is 1. The van der Waals surface area contributed by atoms with Crippen molar-refractivity contribution in [3.8, 4) is 0 Å². The SMILES string of the molecule is COn1cc(C=O)c2cccc(Br)c21. The molecule has 0 aliphatic rings. The van der Waals surface area contributed by atoms with E-state index in [0.717, 1.165) is 21.7 Å². The zero-order valence-electron chi connectivity index (χ0n) is 7.53. The van der Waals surface area contributed by atoms with E-state index in [0.29, 0.717) is 5.56 Å². The summed E-state index contributed by atoms with van der Waals surface area (Å²) in [5.74, 6) is 0. The average Bonchev–Trinajstić information content (AvgIpc) is 2.57. The first-order valence-corrected chi connectivity index (χ1v) is 4.86. The van der Waals surface area contributed by atoms with Crippen LogP contribution in [-0.4, -0.2) is 18.1 Å². The van der Waals surface area contributed by atoms with Gasteiger partial charge in [0.1, 0.15) is 12.6 Å². The topological polar surface area (TPSA) is 31.2 Å². The van der Waals surface area contributed by atoms with Crippen LogP contribution in [0.5, 0.6) is 0 Å². The van der Waals surface area contributed by atoms with E-state index in [-0.39, 0.29) is 0 Å². The fourth-order valence-electron chi connectivity index (χ4n) is 1.47. The Balaban J connectivity index is 2.88. The van der Waals surface area contributed by atoms with Crippen molar-refractivity contribution in [2.24, 2.45) is 0 Å². The lowest BCUT2D eigenvalue weighted by Crippen LogP contribution is -2.03. The third-order valence-electron chi connectivity index (χ3n) is 2.10. The van der Waals surface area contributed by atoms with Gasteiger partial charge in [-0.15, -0.1) is 0 Å². The molecule has 0 saturated heterocycles. The molecule has 0 N–H and O–H groups in total. The van der Waals surface area contributed by atoms with Crippen LogP contribution < -0.4 is 4.84 Å². The van der Waals surface area contributed by atoms with E-state index in [2.05, 4.69) is 15.9 Å². The summed E-state index contributed by atoms with van der Waals surface area (Å²) in [5.41, 5.74) is 1.50. The standard InChI is InChI=1S/C10H8BrNO2/c1-14-12-5-7(6-13)8-3-2-4-9(11)10(8)12/h2-6H,1H3. The summed E-state index contributed by atoms with van der Waals surface area (Å²) in [6.45, 7) is 0. The van der Waals surface area contributed by atoms with Gasteiger partial charge >= 0.3 is 0 Å². The fraction of sp³-hybridized carbons (Fsp3) is 0.100. The highest BCUT2D eigenvalue weighted by Crippen LogP contribution is 2.26. The van der Waals surface area contributed by atoms with Crippen molar-refractivity contribution in [2.45, 2.75) is 0 Å². The van der Waals surface area contributed by atoms with Crippen LogP contribution in [0.2, 0.25) is 0 Å². The first kappa shape index (κ1) is 9.27. The molecule has 14 heavy (non-hydrogen) atoms. The number of rotatable bonds is 2. The molecule has 2 rings (SSSR count). The summed E-state index contributed by atoms with van der Waals surface area (Å²) in [6, 6.07) is 5.69. The molecule has 1 aromatic carbocycles. The van der Waals surface area contributed by atoms with Crippen molar-refractivity contribution in [3.05, 3.63) is 34.4 Å². The number of carbonyl (C=O) groups is 1. The van der Waals surface area contributed by atoms with E-state index in [9.17, 15) is 4.79 Å². The van der Waals surface area contributed by atoms with Crippen LogP contribution in [0.1, 0.15) is 10.4 Å². The predicted molar refractivity (Wildman–Crippen MR) is 57.5 cm³/mol. The van der Waals surface area contributed by atoms with E-state index in [4.69, 9.17) is 4.84 Å². The summed E-state index contributed by atoms with van der Waals surface area (Å²) in [6.07, 6.45) is 2.49. The van der Waals surface area contributed by atoms with Crippen molar-refractivity contribution in [1.82, 2.24) is 4.73 Å². The number of fused-ring (bicyclic) bond motifs is 1.